The topological polar surface area (TPSA) is 93.8 Å². The Hall–Kier alpha value is -3.34. The number of hydrogen-bond acceptors (Lipinski definition) is 7. The average Bonchev–Trinajstić information content (AvgIpc) is 3.38. The lowest BCUT2D eigenvalue weighted by Gasteiger charge is -2.13. The molecule has 0 unspecified atom stereocenters. The maximum absolute atomic E-state index is 13.5. The molecule has 158 valence electrons. The van der Waals surface area contributed by atoms with Crippen molar-refractivity contribution in [1.82, 2.24) is 20.3 Å². The first-order chi connectivity index (χ1) is 14.8. The molecule has 3 aromatic heterocycles. The van der Waals surface area contributed by atoms with Crippen LogP contribution in [0.1, 0.15) is 45.4 Å². The number of aryl methyl sites for hydroxylation is 1. The van der Waals surface area contributed by atoms with Crippen LogP contribution in [0.5, 0.6) is 0 Å². The Morgan fingerprint density at radius 1 is 1.23 bits per heavy atom. The molecule has 1 aromatic carbocycles. The molecule has 31 heavy (non-hydrogen) atoms. The number of nitrogens with one attached hydrogen (secondary N) is 1. The number of halogens is 3. The second-order valence-electron chi connectivity index (χ2n) is 7.22. The molecule has 0 bridgehead atoms. The summed E-state index contributed by atoms with van der Waals surface area (Å²) in [5.74, 6) is -0.162. The van der Waals surface area contributed by atoms with Gasteiger partial charge < -0.3 is 4.52 Å². The fraction of sp³-hybridized carbons (Fsp3) is 0.250. The van der Waals surface area contributed by atoms with E-state index in [1.54, 1.807) is 6.92 Å². The summed E-state index contributed by atoms with van der Waals surface area (Å²) in [5, 5.41) is 16.1. The van der Waals surface area contributed by atoms with Crippen LogP contribution in [0.3, 0.4) is 0 Å². The number of aromatic nitrogens is 4. The standard InChI is InChI=1S/C20H14F3N5O2S/c1-9-15-12(16(29)25-19-27-26-18(31-19)10-6-7-10)8-14(24-17(15)30-28-9)11-4-2-3-5-13(11)20(21,22)23/h2-5,8,10H,6-7H2,1H3,(H,25,27,29). The number of alkyl halides is 3. The maximum Gasteiger partial charge on any atom is 0.417 e. The molecule has 0 radical (unpaired) electrons. The van der Waals surface area contributed by atoms with Crippen LogP contribution >= 0.6 is 11.3 Å². The van der Waals surface area contributed by atoms with Gasteiger partial charge in [-0.1, -0.05) is 34.7 Å². The van der Waals surface area contributed by atoms with Crippen LogP contribution in [0, 0.1) is 6.92 Å². The van der Waals surface area contributed by atoms with Gasteiger partial charge in [0, 0.05) is 11.5 Å². The summed E-state index contributed by atoms with van der Waals surface area (Å²) in [5.41, 5.74) is -0.585. The fourth-order valence-electron chi connectivity index (χ4n) is 3.31. The number of benzene rings is 1. The van der Waals surface area contributed by atoms with Crippen molar-refractivity contribution in [2.45, 2.75) is 31.9 Å². The van der Waals surface area contributed by atoms with E-state index in [0.717, 1.165) is 23.9 Å². The third-order valence-corrected chi connectivity index (χ3v) is 5.96. The third kappa shape index (κ3) is 3.65. The number of amides is 1. The van der Waals surface area contributed by atoms with Crippen molar-refractivity contribution in [3.63, 3.8) is 0 Å². The van der Waals surface area contributed by atoms with Crippen molar-refractivity contribution < 1.29 is 22.5 Å². The normalized spacial score (nSPS) is 14.2. The number of carbonyl (C=O) groups excluding carboxylic acids is 1. The molecule has 1 fully saturated rings. The van der Waals surface area contributed by atoms with Gasteiger partial charge in [-0.2, -0.15) is 13.2 Å². The van der Waals surface area contributed by atoms with E-state index in [-0.39, 0.29) is 22.5 Å². The summed E-state index contributed by atoms with van der Waals surface area (Å²) in [6.07, 6.45) is -2.48. The van der Waals surface area contributed by atoms with Crippen LogP contribution in [0.4, 0.5) is 18.3 Å². The van der Waals surface area contributed by atoms with E-state index in [1.165, 1.54) is 35.6 Å². The van der Waals surface area contributed by atoms with Gasteiger partial charge >= 0.3 is 6.18 Å². The summed E-state index contributed by atoms with van der Waals surface area (Å²) >= 11 is 1.29. The number of pyridine rings is 1. The van der Waals surface area contributed by atoms with Gasteiger partial charge in [0.25, 0.3) is 11.6 Å². The quantitative estimate of drug-likeness (QED) is 0.464. The molecule has 0 aliphatic heterocycles. The Morgan fingerprint density at radius 2 is 2.00 bits per heavy atom. The van der Waals surface area contributed by atoms with Crippen LogP contribution in [0.25, 0.3) is 22.4 Å². The summed E-state index contributed by atoms with van der Waals surface area (Å²) in [6.45, 7) is 1.63. The van der Waals surface area contributed by atoms with Gasteiger partial charge in [-0.05, 0) is 31.9 Å². The maximum atomic E-state index is 13.5. The molecule has 1 aliphatic rings. The summed E-state index contributed by atoms with van der Waals surface area (Å²) in [4.78, 5) is 17.2. The Morgan fingerprint density at radius 3 is 2.74 bits per heavy atom. The molecular weight excluding hydrogens is 431 g/mol. The number of rotatable bonds is 4. The fourth-order valence-corrected chi connectivity index (χ4v) is 4.22. The highest BCUT2D eigenvalue weighted by Crippen LogP contribution is 2.42. The van der Waals surface area contributed by atoms with Gasteiger partial charge in [-0.3, -0.25) is 10.1 Å². The summed E-state index contributed by atoms with van der Waals surface area (Å²) in [7, 11) is 0. The number of anilines is 1. The zero-order valence-corrected chi connectivity index (χ0v) is 16.8. The molecule has 0 saturated heterocycles. The molecule has 1 amide bonds. The first-order valence-corrected chi connectivity index (χ1v) is 10.2. The van der Waals surface area contributed by atoms with Crippen LogP contribution in [-0.2, 0) is 6.18 Å². The van der Waals surface area contributed by atoms with E-state index in [2.05, 4.69) is 25.7 Å². The lowest BCUT2D eigenvalue weighted by atomic mass is 10.0. The lowest BCUT2D eigenvalue weighted by Crippen LogP contribution is -2.13. The van der Waals surface area contributed by atoms with Gasteiger partial charge in [0.05, 0.1) is 27.9 Å². The first kappa shape index (κ1) is 19.6. The van der Waals surface area contributed by atoms with E-state index in [9.17, 15) is 18.0 Å². The minimum absolute atomic E-state index is 0.0203. The summed E-state index contributed by atoms with van der Waals surface area (Å²) in [6, 6.07) is 6.35. The second kappa shape index (κ2) is 7.12. The van der Waals surface area contributed by atoms with E-state index in [4.69, 9.17) is 4.52 Å². The molecule has 11 heteroatoms. The van der Waals surface area contributed by atoms with E-state index in [0.29, 0.717) is 22.1 Å². The monoisotopic (exact) mass is 445 g/mol. The predicted molar refractivity (Wildman–Crippen MR) is 107 cm³/mol. The minimum Gasteiger partial charge on any atom is -0.335 e. The van der Waals surface area contributed by atoms with Gasteiger partial charge in [-0.25, -0.2) is 4.98 Å². The molecule has 1 saturated carbocycles. The smallest absolute Gasteiger partial charge is 0.335 e. The Bertz CT molecular complexity index is 1310. The van der Waals surface area contributed by atoms with Crippen LogP contribution < -0.4 is 5.32 Å². The van der Waals surface area contributed by atoms with Crippen molar-refractivity contribution >= 4 is 33.5 Å². The number of nitrogens with zero attached hydrogens (tertiary/aromatic N) is 4. The lowest BCUT2D eigenvalue weighted by molar-refractivity contribution is -0.137. The molecule has 3 heterocycles. The van der Waals surface area contributed by atoms with Crippen molar-refractivity contribution in [2.24, 2.45) is 0 Å². The minimum atomic E-state index is -4.58. The molecule has 4 aromatic rings. The van der Waals surface area contributed by atoms with E-state index in [1.807, 2.05) is 0 Å². The zero-order chi connectivity index (χ0) is 21.8. The van der Waals surface area contributed by atoms with Crippen LogP contribution in [-0.4, -0.2) is 26.2 Å². The Labute approximate surface area is 177 Å². The average molecular weight is 445 g/mol. The van der Waals surface area contributed by atoms with E-state index >= 15 is 0 Å². The molecule has 1 aliphatic carbocycles. The first-order valence-electron chi connectivity index (χ1n) is 9.39. The number of hydrogen-bond donors (Lipinski definition) is 1. The van der Waals surface area contributed by atoms with Crippen LogP contribution in [0.2, 0.25) is 0 Å². The van der Waals surface area contributed by atoms with Crippen LogP contribution in [0.15, 0.2) is 34.9 Å². The molecule has 1 N–H and O–H groups in total. The highest BCUT2D eigenvalue weighted by atomic mass is 32.1. The SMILES string of the molecule is Cc1noc2nc(-c3ccccc3C(F)(F)F)cc(C(=O)Nc3nnc(C4CC4)s3)c12. The largest absolute Gasteiger partial charge is 0.417 e. The number of carbonyl (C=O) groups is 1. The highest BCUT2D eigenvalue weighted by molar-refractivity contribution is 7.15. The molecule has 0 atom stereocenters. The van der Waals surface area contributed by atoms with Gasteiger partial charge in [0.15, 0.2) is 0 Å². The second-order valence-corrected chi connectivity index (χ2v) is 8.23. The molecular formula is C20H14F3N5O2S. The molecule has 5 rings (SSSR count). The molecule has 7 nitrogen and oxygen atoms in total. The van der Waals surface area contributed by atoms with Gasteiger partial charge in [0.1, 0.15) is 5.01 Å². The predicted octanol–water partition coefficient (Wildman–Crippen LogP) is 5.20. The summed E-state index contributed by atoms with van der Waals surface area (Å²) < 4.78 is 45.7. The van der Waals surface area contributed by atoms with Crippen molar-refractivity contribution in [1.29, 1.82) is 0 Å². The number of fused-ring (bicyclic) bond motifs is 1. The highest BCUT2D eigenvalue weighted by Gasteiger charge is 2.34. The van der Waals surface area contributed by atoms with Crippen molar-refractivity contribution in [3.05, 3.63) is 52.2 Å². The van der Waals surface area contributed by atoms with E-state index < -0.39 is 17.6 Å². The van der Waals surface area contributed by atoms with Gasteiger partial charge in [0.2, 0.25) is 5.13 Å². The third-order valence-electron chi connectivity index (χ3n) is 4.96. The van der Waals surface area contributed by atoms with Crippen molar-refractivity contribution in [3.8, 4) is 11.3 Å². The zero-order valence-electron chi connectivity index (χ0n) is 16.0. The van der Waals surface area contributed by atoms with Gasteiger partial charge in [-0.15, -0.1) is 10.2 Å². The Balaban J connectivity index is 1.59. The molecule has 0 spiro atoms. The van der Waals surface area contributed by atoms with Crippen molar-refractivity contribution in [2.75, 3.05) is 5.32 Å². The Kier molecular flexibility index (Phi) is 4.50.